The third-order valence-electron chi connectivity index (χ3n) is 2.11. The molecule has 0 radical (unpaired) electrons. The van der Waals surface area contributed by atoms with E-state index in [1.54, 1.807) is 20.9 Å². The number of esters is 1. The van der Waals surface area contributed by atoms with Gasteiger partial charge in [0.15, 0.2) is 0 Å². The van der Waals surface area contributed by atoms with Crippen LogP contribution in [0.2, 0.25) is 0 Å². The lowest BCUT2D eigenvalue weighted by molar-refractivity contribution is 0.0526. The molecule has 0 aliphatic rings. The molecule has 0 aromatic carbocycles. The minimum atomic E-state index is -0.668. The normalized spacial score (nSPS) is 9.88. The molecule has 0 aliphatic carbocycles. The maximum atomic E-state index is 11.7. The van der Waals surface area contributed by atoms with Gasteiger partial charge in [0.25, 0.3) is 0 Å². The molecular weight excluding hydrogens is 226 g/mol. The van der Waals surface area contributed by atoms with E-state index in [0.29, 0.717) is 5.69 Å². The van der Waals surface area contributed by atoms with E-state index in [-0.39, 0.29) is 18.0 Å². The van der Waals surface area contributed by atoms with Gasteiger partial charge in [-0.15, -0.1) is 0 Å². The van der Waals surface area contributed by atoms with E-state index in [4.69, 9.17) is 4.74 Å². The fourth-order valence-corrected chi connectivity index (χ4v) is 1.40. The van der Waals surface area contributed by atoms with Crippen LogP contribution in [0.1, 0.15) is 23.0 Å². The predicted molar refractivity (Wildman–Crippen MR) is 59.9 cm³/mol. The molecule has 7 heteroatoms. The monoisotopic (exact) mass is 241 g/mol. The van der Waals surface area contributed by atoms with Gasteiger partial charge in [0.1, 0.15) is 11.4 Å². The summed E-state index contributed by atoms with van der Waals surface area (Å²) in [6.45, 7) is 3.62. The number of hydrogen-bond acceptors (Lipinski definition) is 5. The van der Waals surface area contributed by atoms with Gasteiger partial charge in [-0.05, 0) is 13.8 Å². The quantitative estimate of drug-likeness (QED) is 0.801. The second-order valence-corrected chi connectivity index (χ2v) is 3.27. The van der Waals surface area contributed by atoms with Gasteiger partial charge >= 0.3 is 12.1 Å². The maximum absolute atomic E-state index is 11.7. The highest BCUT2D eigenvalue weighted by atomic mass is 16.5. The Morgan fingerprint density at radius 1 is 1.47 bits per heavy atom. The molecule has 1 heterocycles. The summed E-state index contributed by atoms with van der Waals surface area (Å²) in [6.07, 6.45) is -0.668. The largest absolute Gasteiger partial charge is 0.462 e. The van der Waals surface area contributed by atoms with Crippen LogP contribution in [0.4, 0.5) is 10.6 Å². The van der Waals surface area contributed by atoms with Crippen LogP contribution in [-0.2, 0) is 16.5 Å². The van der Waals surface area contributed by atoms with Crippen LogP contribution in [0.5, 0.6) is 0 Å². The molecule has 7 nitrogen and oxygen atoms in total. The van der Waals surface area contributed by atoms with Crippen LogP contribution in [-0.4, -0.2) is 35.6 Å². The molecule has 0 atom stereocenters. The number of nitrogens with one attached hydrogen (secondary N) is 1. The maximum Gasteiger partial charge on any atom is 0.412 e. The average molecular weight is 241 g/mol. The van der Waals surface area contributed by atoms with Gasteiger partial charge < -0.3 is 9.47 Å². The van der Waals surface area contributed by atoms with E-state index in [1.807, 2.05) is 0 Å². The summed E-state index contributed by atoms with van der Waals surface area (Å²) in [6, 6.07) is 0. The van der Waals surface area contributed by atoms with Crippen LogP contribution in [0, 0.1) is 6.92 Å². The summed E-state index contributed by atoms with van der Waals surface area (Å²) in [7, 11) is 2.85. The van der Waals surface area contributed by atoms with E-state index in [0.717, 1.165) is 0 Å². The third kappa shape index (κ3) is 2.74. The lowest BCUT2D eigenvalue weighted by Crippen LogP contribution is -2.17. The predicted octanol–water partition coefficient (Wildman–Crippen LogP) is 1.08. The number of hydrogen-bond donors (Lipinski definition) is 1. The van der Waals surface area contributed by atoms with Crippen LogP contribution >= 0.6 is 0 Å². The second kappa shape index (κ2) is 5.33. The first-order valence-corrected chi connectivity index (χ1v) is 5.06. The first kappa shape index (κ1) is 13.0. The zero-order valence-corrected chi connectivity index (χ0v) is 10.2. The Balaban J connectivity index is 3.10. The van der Waals surface area contributed by atoms with Crippen molar-refractivity contribution >= 4 is 17.9 Å². The molecule has 0 bridgehead atoms. The fourth-order valence-electron chi connectivity index (χ4n) is 1.40. The van der Waals surface area contributed by atoms with Gasteiger partial charge in [0, 0.05) is 7.05 Å². The summed E-state index contributed by atoms with van der Waals surface area (Å²) in [4.78, 5) is 22.9. The number of aryl methyl sites for hydroxylation is 2. The van der Waals surface area contributed by atoms with Gasteiger partial charge in [-0.3, -0.25) is 10.00 Å². The highest BCUT2D eigenvalue weighted by molar-refractivity contribution is 5.99. The summed E-state index contributed by atoms with van der Waals surface area (Å²) in [5, 5.41) is 6.47. The minimum absolute atomic E-state index is 0.236. The van der Waals surface area contributed by atoms with Crippen LogP contribution in [0.3, 0.4) is 0 Å². The van der Waals surface area contributed by atoms with E-state index in [9.17, 15) is 9.59 Å². The summed E-state index contributed by atoms with van der Waals surface area (Å²) in [5.41, 5.74) is 0.720. The van der Waals surface area contributed by atoms with Gasteiger partial charge in [-0.25, -0.2) is 9.59 Å². The molecule has 17 heavy (non-hydrogen) atoms. The van der Waals surface area contributed by atoms with Crippen molar-refractivity contribution in [1.82, 2.24) is 9.78 Å². The standard InChI is InChI=1S/C10H15N3O4/c1-5-17-9(14)7-6(2)12-13(3)8(7)11-10(15)16-4/h5H2,1-4H3,(H,11,15). The summed E-state index contributed by atoms with van der Waals surface area (Å²) >= 11 is 0. The first-order valence-electron chi connectivity index (χ1n) is 5.06. The number of nitrogens with zero attached hydrogens (tertiary/aromatic N) is 2. The van der Waals surface area contributed by atoms with Gasteiger partial charge in [-0.1, -0.05) is 0 Å². The number of rotatable bonds is 3. The van der Waals surface area contributed by atoms with E-state index in [2.05, 4.69) is 15.2 Å². The molecule has 0 saturated heterocycles. The zero-order chi connectivity index (χ0) is 13.0. The molecule has 1 rings (SSSR count). The molecule has 0 saturated carbocycles. The molecule has 1 N–H and O–H groups in total. The molecule has 0 spiro atoms. The third-order valence-corrected chi connectivity index (χ3v) is 2.11. The van der Waals surface area contributed by atoms with Gasteiger partial charge in [-0.2, -0.15) is 5.10 Å². The van der Waals surface area contributed by atoms with Gasteiger partial charge in [0.05, 0.1) is 19.4 Å². The zero-order valence-electron chi connectivity index (χ0n) is 10.2. The lowest BCUT2D eigenvalue weighted by Gasteiger charge is -2.06. The Morgan fingerprint density at radius 2 is 2.12 bits per heavy atom. The van der Waals surface area contributed by atoms with Crippen molar-refractivity contribution in [3.05, 3.63) is 11.3 Å². The van der Waals surface area contributed by atoms with Crippen molar-refractivity contribution in [3.63, 3.8) is 0 Å². The molecule has 94 valence electrons. The second-order valence-electron chi connectivity index (χ2n) is 3.27. The Bertz CT molecular complexity index is 439. The molecule has 1 aromatic heterocycles. The Hall–Kier alpha value is -2.05. The molecule has 1 aromatic rings. The topological polar surface area (TPSA) is 82.5 Å². The molecule has 0 fully saturated rings. The van der Waals surface area contributed by atoms with Gasteiger partial charge in [0.2, 0.25) is 0 Å². The number of ether oxygens (including phenoxy) is 2. The number of amides is 1. The minimum Gasteiger partial charge on any atom is -0.462 e. The Morgan fingerprint density at radius 3 is 2.65 bits per heavy atom. The molecule has 0 unspecified atom stereocenters. The van der Waals surface area contributed by atoms with Crippen molar-refractivity contribution in [2.45, 2.75) is 13.8 Å². The average Bonchev–Trinajstić information content (AvgIpc) is 2.54. The SMILES string of the molecule is CCOC(=O)c1c(C)nn(C)c1NC(=O)OC. The smallest absolute Gasteiger partial charge is 0.412 e. The van der Waals surface area contributed by atoms with Crippen molar-refractivity contribution in [3.8, 4) is 0 Å². The van der Waals surface area contributed by atoms with Crippen molar-refractivity contribution in [2.24, 2.45) is 7.05 Å². The van der Waals surface area contributed by atoms with Crippen LogP contribution < -0.4 is 5.32 Å². The van der Waals surface area contributed by atoms with Crippen molar-refractivity contribution < 1.29 is 19.1 Å². The highest BCUT2D eigenvalue weighted by Crippen LogP contribution is 2.19. The van der Waals surface area contributed by atoms with Crippen LogP contribution in [0.25, 0.3) is 0 Å². The van der Waals surface area contributed by atoms with Crippen molar-refractivity contribution in [1.29, 1.82) is 0 Å². The number of carbonyl (C=O) groups excluding carboxylic acids is 2. The summed E-state index contributed by atoms with van der Waals surface area (Å²) < 4.78 is 10.8. The number of aromatic nitrogens is 2. The first-order chi connectivity index (χ1) is 8.01. The summed E-state index contributed by atoms with van der Waals surface area (Å²) in [5.74, 6) is -0.266. The Labute approximate surface area is 98.7 Å². The number of carbonyl (C=O) groups is 2. The number of anilines is 1. The highest BCUT2D eigenvalue weighted by Gasteiger charge is 2.22. The van der Waals surface area contributed by atoms with Crippen LogP contribution in [0.15, 0.2) is 0 Å². The van der Waals surface area contributed by atoms with E-state index in [1.165, 1.54) is 11.8 Å². The fraction of sp³-hybridized carbons (Fsp3) is 0.500. The van der Waals surface area contributed by atoms with E-state index < -0.39 is 12.1 Å². The van der Waals surface area contributed by atoms with E-state index >= 15 is 0 Å². The van der Waals surface area contributed by atoms with Crippen molar-refractivity contribution in [2.75, 3.05) is 19.0 Å². The molecule has 0 aliphatic heterocycles. The molecule has 1 amide bonds. The molecular formula is C10H15N3O4. The lowest BCUT2D eigenvalue weighted by atomic mass is 10.2. The number of methoxy groups -OCH3 is 1. The Kier molecular flexibility index (Phi) is 4.08.